The summed E-state index contributed by atoms with van der Waals surface area (Å²) < 4.78 is 28.1. The number of hydrazine groups is 1. The van der Waals surface area contributed by atoms with Crippen LogP contribution in [0.25, 0.3) is 0 Å². The maximum Gasteiger partial charge on any atom is 0.276 e. The van der Waals surface area contributed by atoms with E-state index in [4.69, 9.17) is 14.2 Å². The summed E-state index contributed by atoms with van der Waals surface area (Å²) in [4.78, 5) is 23.8. The molecule has 2 aromatic rings. The van der Waals surface area contributed by atoms with Crippen LogP contribution in [-0.4, -0.2) is 32.6 Å². The van der Waals surface area contributed by atoms with Crippen LogP contribution in [-0.2, 0) is 4.79 Å². The van der Waals surface area contributed by atoms with Gasteiger partial charge < -0.3 is 14.2 Å². The normalized spacial score (nSPS) is 9.88. The van der Waals surface area contributed by atoms with Crippen LogP contribution < -0.4 is 25.1 Å². The predicted octanol–water partition coefficient (Wildman–Crippen LogP) is 1.68. The van der Waals surface area contributed by atoms with Gasteiger partial charge >= 0.3 is 0 Å². The van der Waals surface area contributed by atoms with Crippen molar-refractivity contribution in [1.29, 1.82) is 0 Å². The maximum absolute atomic E-state index is 12.8. The molecule has 2 aromatic carbocycles. The van der Waals surface area contributed by atoms with Crippen LogP contribution in [0.4, 0.5) is 4.39 Å². The van der Waals surface area contributed by atoms with E-state index in [9.17, 15) is 14.0 Å². The second-order valence-corrected chi connectivity index (χ2v) is 4.85. The molecule has 0 saturated heterocycles. The number of amides is 2. The highest BCUT2D eigenvalue weighted by Crippen LogP contribution is 2.22. The summed E-state index contributed by atoms with van der Waals surface area (Å²) in [6.45, 7) is -0.340. The molecule has 25 heavy (non-hydrogen) atoms. The average molecular weight is 348 g/mol. The van der Waals surface area contributed by atoms with Gasteiger partial charge in [0.25, 0.3) is 11.8 Å². The molecule has 132 valence electrons. The molecule has 0 heterocycles. The summed E-state index contributed by atoms with van der Waals surface area (Å²) in [6, 6.07) is 9.83. The number of hydrogen-bond acceptors (Lipinski definition) is 5. The molecule has 7 nitrogen and oxygen atoms in total. The molecule has 2 amide bonds. The molecule has 0 aromatic heterocycles. The van der Waals surface area contributed by atoms with Gasteiger partial charge in [-0.15, -0.1) is 0 Å². The summed E-state index contributed by atoms with van der Waals surface area (Å²) >= 11 is 0. The fraction of sp³-hybridized carbons (Fsp3) is 0.176. The van der Waals surface area contributed by atoms with Crippen molar-refractivity contribution in [1.82, 2.24) is 10.9 Å². The Morgan fingerprint density at radius 3 is 2.08 bits per heavy atom. The molecule has 2 rings (SSSR count). The molecule has 0 radical (unpaired) electrons. The number of ether oxygens (including phenoxy) is 3. The van der Waals surface area contributed by atoms with E-state index in [1.807, 2.05) is 0 Å². The van der Waals surface area contributed by atoms with Crippen LogP contribution in [0.3, 0.4) is 0 Å². The van der Waals surface area contributed by atoms with Gasteiger partial charge in [0, 0.05) is 11.6 Å². The summed E-state index contributed by atoms with van der Waals surface area (Å²) in [7, 11) is 2.93. The smallest absolute Gasteiger partial charge is 0.276 e. The molecular weight excluding hydrogens is 331 g/mol. The fourth-order valence-corrected chi connectivity index (χ4v) is 1.85. The molecule has 2 N–H and O–H groups in total. The van der Waals surface area contributed by atoms with E-state index in [2.05, 4.69) is 10.9 Å². The zero-order valence-electron chi connectivity index (χ0n) is 13.7. The highest BCUT2D eigenvalue weighted by atomic mass is 19.1. The first kappa shape index (κ1) is 18.1. The largest absolute Gasteiger partial charge is 0.497 e. The Hall–Kier alpha value is -3.29. The highest BCUT2D eigenvalue weighted by molar-refractivity contribution is 5.96. The summed E-state index contributed by atoms with van der Waals surface area (Å²) in [5.41, 5.74) is 4.72. The first-order valence-corrected chi connectivity index (χ1v) is 7.22. The predicted molar refractivity (Wildman–Crippen MR) is 87.0 cm³/mol. The molecule has 0 bridgehead atoms. The summed E-state index contributed by atoms with van der Waals surface area (Å²) in [5.74, 6) is -0.316. The molecule has 8 heteroatoms. The number of rotatable bonds is 6. The Labute approximate surface area is 143 Å². The molecule has 0 saturated carbocycles. The number of carbonyl (C=O) groups excluding carboxylic acids is 2. The molecule has 0 aliphatic heterocycles. The molecule has 0 spiro atoms. The minimum atomic E-state index is -0.576. The van der Waals surface area contributed by atoms with Crippen molar-refractivity contribution in [2.24, 2.45) is 0 Å². The Balaban J connectivity index is 1.86. The summed E-state index contributed by atoms with van der Waals surface area (Å²) in [6.07, 6.45) is 0. The number of halogens is 1. The first-order valence-electron chi connectivity index (χ1n) is 7.22. The van der Waals surface area contributed by atoms with Crippen LogP contribution in [0, 0.1) is 5.82 Å². The second-order valence-electron chi connectivity index (χ2n) is 4.85. The zero-order valence-corrected chi connectivity index (χ0v) is 13.7. The van der Waals surface area contributed by atoms with Crippen molar-refractivity contribution in [3.63, 3.8) is 0 Å². The van der Waals surface area contributed by atoms with Crippen LogP contribution in [0.15, 0.2) is 42.5 Å². The quantitative estimate of drug-likeness (QED) is 0.776. The lowest BCUT2D eigenvalue weighted by atomic mass is 10.2. The number of benzene rings is 2. The van der Waals surface area contributed by atoms with Gasteiger partial charge in [-0.25, -0.2) is 4.39 Å². The van der Waals surface area contributed by atoms with Crippen LogP contribution >= 0.6 is 0 Å². The lowest BCUT2D eigenvalue weighted by Crippen LogP contribution is -2.43. The zero-order chi connectivity index (χ0) is 18.2. The monoisotopic (exact) mass is 348 g/mol. The van der Waals surface area contributed by atoms with Gasteiger partial charge in [0.1, 0.15) is 23.1 Å². The Morgan fingerprint density at radius 2 is 1.52 bits per heavy atom. The SMILES string of the molecule is COc1cc(OC)cc(C(=O)NNC(=O)COc2ccc(F)cc2)c1. The van der Waals surface area contributed by atoms with Gasteiger partial charge in [-0.05, 0) is 36.4 Å². The second kappa shape index (κ2) is 8.53. The molecule has 0 fully saturated rings. The van der Waals surface area contributed by atoms with Crippen molar-refractivity contribution in [3.8, 4) is 17.2 Å². The Bertz CT molecular complexity index is 727. The third kappa shape index (κ3) is 5.38. The van der Waals surface area contributed by atoms with Gasteiger partial charge in [0.05, 0.1) is 14.2 Å². The topological polar surface area (TPSA) is 85.9 Å². The van der Waals surface area contributed by atoms with Gasteiger partial charge in [-0.2, -0.15) is 0 Å². The van der Waals surface area contributed by atoms with E-state index < -0.39 is 17.6 Å². The lowest BCUT2D eigenvalue weighted by Gasteiger charge is -2.10. The van der Waals surface area contributed by atoms with Gasteiger partial charge in [-0.3, -0.25) is 20.4 Å². The lowest BCUT2D eigenvalue weighted by molar-refractivity contribution is -0.123. The van der Waals surface area contributed by atoms with Gasteiger partial charge in [0.2, 0.25) is 0 Å². The molecular formula is C17H17FN2O5. The van der Waals surface area contributed by atoms with Crippen LogP contribution in [0.2, 0.25) is 0 Å². The highest BCUT2D eigenvalue weighted by Gasteiger charge is 2.11. The van der Waals surface area contributed by atoms with Crippen molar-refractivity contribution in [2.75, 3.05) is 20.8 Å². The molecule has 0 aliphatic rings. The first-order chi connectivity index (χ1) is 12.0. The number of nitrogens with one attached hydrogen (secondary N) is 2. The minimum absolute atomic E-state index is 0.246. The van der Waals surface area contributed by atoms with Gasteiger partial charge in [0.15, 0.2) is 6.61 Å². The fourth-order valence-electron chi connectivity index (χ4n) is 1.85. The molecule has 0 aliphatic carbocycles. The Kier molecular flexibility index (Phi) is 6.16. The molecule has 0 atom stereocenters. The number of methoxy groups -OCH3 is 2. The van der Waals surface area contributed by atoms with E-state index in [0.29, 0.717) is 17.2 Å². The molecule has 0 unspecified atom stereocenters. The Morgan fingerprint density at radius 1 is 0.920 bits per heavy atom. The van der Waals surface area contributed by atoms with Gasteiger partial charge in [-0.1, -0.05) is 0 Å². The van der Waals surface area contributed by atoms with E-state index in [1.165, 1.54) is 50.6 Å². The van der Waals surface area contributed by atoms with E-state index in [-0.39, 0.29) is 12.2 Å². The standard InChI is InChI=1S/C17H17FN2O5/c1-23-14-7-11(8-15(9-14)24-2)17(22)20-19-16(21)10-25-13-5-3-12(18)4-6-13/h3-9H,10H2,1-2H3,(H,19,21)(H,20,22). The number of carbonyl (C=O) groups is 2. The van der Waals surface area contributed by atoms with Crippen LogP contribution in [0.1, 0.15) is 10.4 Å². The van der Waals surface area contributed by atoms with Crippen molar-refractivity contribution in [3.05, 3.63) is 53.8 Å². The van der Waals surface area contributed by atoms with E-state index in [1.54, 1.807) is 6.07 Å². The average Bonchev–Trinajstić information content (AvgIpc) is 2.65. The van der Waals surface area contributed by atoms with E-state index in [0.717, 1.165) is 0 Å². The van der Waals surface area contributed by atoms with E-state index >= 15 is 0 Å². The number of hydrogen-bond donors (Lipinski definition) is 2. The van der Waals surface area contributed by atoms with Crippen molar-refractivity contribution in [2.45, 2.75) is 0 Å². The van der Waals surface area contributed by atoms with Crippen LogP contribution in [0.5, 0.6) is 17.2 Å². The third-order valence-corrected chi connectivity index (χ3v) is 3.11. The third-order valence-electron chi connectivity index (χ3n) is 3.11. The van der Waals surface area contributed by atoms with Crippen molar-refractivity contribution < 1.29 is 28.2 Å². The van der Waals surface area contributed by atoms with Crippen molar-refractivity contribution >= 4 is 11.8 Å². The maximum atomic E-state index is 12.8. The minimum Gasteiger partial charge on any atom is -0.497 e. The summed E-state index contributed by atoms with van der Waals surface area (Å²) in [5, 5.41) is 0.